The molecule has 1 aliphatic rings. The second-order valence-corrected chi connectivity index (χ2v) is 5.07. The molecule has 2 heterocycles. The number of amides is 4. The SMILES string of the molecule is COc1cc(C=C2C(=O)NC(=O)NC2=O)ccc1OC(=O)c1ccco1. The molecule has 1 fully saturated rings. The van der Waals surface area contributed by atoms with Crippen molar-refractivity contribution in [3.8, 4) is 11.5 Å². The fourth-order valence-corrected chi connectivity index (χ4v) is 2.18. The zero-order valence-corrected chi connectivity index (χ0v) is 13.4. The molecule has 3 rings (SSSR count). The molecule has 0 aliphatic carbocycles. The van der Waals surface area contributed by atoms with Crippen molar-refractivity contribution in [1.82, 2.24) is 10.6 Å². The highest BCUT2D eigenvalue weighted by molar-refractivity contribution is 6.31. The number of hydrogen-bond donors (Lipinski definition) is 2. The van der Waals surface area contributed by atoms with Crippen LogP contribution in [-0.2, 0) is 9.59 Å². The number of ether oxygens (including phenoxy) is 2. The summed E-state index contributed by atoms with van der Waals surface area (Å²) < 4.78 is 15.3. The van der Waals surface area contributed by atoms with Crippen LogP contribution >= 0.6 is 0 Å². The zero-order valence-electron chi connectivity index (χ0n) is 13.4. The standard InChI is InChI=1S/C17H12N2O7/c1-24-13-8-9(7-10-14(20)18-17(23)19-15(10)21)4-5-11(13)26-16(22)12-3-2-6-25-12/h2-8H,1H3,(H2,18,19,20,21,23). The van der Waals surface area contributed by atoms with Crippen LogP contribution in [-0.4, -0.2) is 30.9 Å². The molecule has 9 nitrogen and oxygen atoms in total. The van der Waals surface area contributed by atoms with Gasteiger partial charge in [-0.2, -0.15) is 0 Å². The van der Waals surface area contributed by atoms with Gasteiger partial charge in [0.2, 0.25) is 5.76 Å². The Labute approximate surface area is 146 Å². The van der Waals surface area contributed by atoms with E-state index in [2.05, 4.69) is 0 Å². The summed E-state index contributed by atoms with van der Waals surface area (Å²) in [7, 11) is 1.37. The van der Waals surface area contributed by atoms with Gasteiger partial charge in [0, 0.05) is 0 Å². The van der Waals surface area contributed by atoms with E-state index in [0.29, 0.717) is 5.56 Å². The summed E-state index contributed by atoms with van der Waals surface area (Å²) in [6, 6.07) is 6.54. The van der Waals surface area contributed by atoms with E-state index in [9.17, 15) is 19.2 Å². The van der Waals surface area contributed by atoms with Crippen molar-refractivity contribution in [2.24, 2.45) is 0 Å². The van der Waals surface area contributed by atoms with Gasteiger partial charge in [0.15, 0.2) is 11.5 Å². The number of esters is 1. The Bertz CT molecular complexity index is 907. The van der Waals surface area contributed by atoms with Crippen molar-refractivity contribution in [3.05, 3.63) is 53.5 Å². The second-order valence-electron chi connectivity index (χ2n) is 5.07. The predicted octanol–water partition coefficient (Wildman–Crippen LogP) is 1.26. The van der Waals surface area contributed by atoms with Crippen LogP contribution in [0.15, 0.2) is 46.6 Å². The molecule has 0 spiro atoms. The lowest BCUT2D eigenvalue weighted by atomic mass is 10.1. The van der Waals surface area contributed by atoms with Gasteiger partial charge in [-0.15, -0.1) is 0 Å². The van der Waals surface area contributed by atoms with E-state index >= 15 is 0 Å². The van der Waals surface area contributed by atoms with Gasteiger partial charge in [0.25, 0.3) is 11.8 Å². The number of nitrogens with one attached hydrogen (secondary N) is 2. The highest BCUT2D eigenvalue weighted by Gasteiger charge is 2.27. The highest BCUT2D eigenvalue weighted by Crippen LogP contribution is 2.30. The molecule has 4 amide bonds. The molecule has 0 radical (unpaired) electrons. The molecule has 0 bridgehead atoms. The largest absolute Gasteiger partial charge is 0.493 e. The number of carbonyl (C=O) groups excluding carboxylic acids is 4. The van der Waals surface area contributed by atoms with E-state index in [1.54, 1.807) is 6.07 Å². The van der Waals surface area contributed by atoms with E-state index in [0.717, 1.165) is 0 Å². The maximum atomic E-state index is 11.9. The molecule has 0 saturated carbocycles. The molecular formula is C17H12N2O7. The molecule has 1 aromatic carbocycles. The fraction of sp³-hybridized carbons (Fsp3) is 0.0588. The lowest BCUT2D eigenvalue weighted by molar-refractivity contribution is -0.123. The lowest BCUT2D eigenvalue weighted by Gasteiger charge is -2.14. The predicted molar refractivity (Wildman–Crippen MR) is 86.3 cm³/mol. The Morgan fingerprint density at radius 1 is 1.08 bits per heavy atom. The molecule has 1 saturated heterocycles. The first-order valence-corrected chi connectivity index (χ1v) is 7.30. The average Bonchev–Trinajstić information content (AvgIpc) is 3.13. The summed E-state index contributed by atoms with van der Waals surface area (Å²) in [6.07, 6.45) is 2.62. The molecule has 0 unspecified atom stereocenters. The molecular weight excluding hydrogens is 344 g/mol. The maximum absolute atomic E-state index is 11.9. The highest BCUT2D eigenvalue weighted by atomic mass is 16.6. The smallest absolute Gasteiger partial charge is 0.379 e. The number of rotatable bonds is 4. The summed E-state index contributed by atoms with van der Waals surface area (Å²) in [4.78, 5) is 46.5. The lowest BCUT2D eigenvalue weighted by Crippen LogP contribution is -2.51. The van der Waals surface area contributed by atoms with Crippen molar-refractivity contribution in [2.75, 3.05) is 7.11 Å². The third-order valence-corrected chi connectivity index (χ3v) is 3.37. The number of benzene rings is 1. The fourth-order valence-electron chi connectivity index (χ4n) is 2.18. The van der Waals surface area contributed by atoms with Crippen LogP contribution in [0.5, 0.6) is 11.5 Å². The zero-order chi connectivity index (χ0) is 18.7. The summed E-state index contributed by atoms with van der Waals surface area (Å²) in [5.41, 5.74) is 0.182. The van der Waals surface area contributed by atoms with Crippen LogP contribution in [0.1, 0.15) is 16.1 Å². The van der Waals surface area contributed by atoms with E-state index in [1.165, 1.54) is 43.7 Å². The summed E-state index contributed by atoms with van der Waals surface area (Å²) in [6.45, 7) is 0. The Hall–Kier alpha value is -3.88. The normalized spacial score (nSPS) is 13.7. The molecule has 0 atom stereocenters. The summed E-state index contributed by atoms with van der Waals surface area (Å²) >= 11 is 0. The average molecular weight is 356 g/mol. The number of methoxy groups -OCH3 is 1. The van der Waals surface area contributed by atoms with E-state index in [1.807, 2.05) is 10.6 Å². The van der Waals surface area contributed by atoms with Crippen LogP contribution in [0.2, 0.25) is 0 Å². The van der Waals surface area contributed by atoms with Gasteiger partial charge < -0.3 is 13.9 Å². The molecule has 9 heteroatoms. The number of carbonyl (C=O) groups is 4. The molecule has 1 aliphatic heterocycles. The Kier molecular flexibility index (Phi) is 4.52. The minimum Gasteiger partial charge on any atom is -0.493 e. The monoisotopic (exact) mass is 356 g/mol. The van der Waals surface area contributed by atoms with Gasteiger partial charge in [-0.05, 0) is 35.9 Å². The first-order chi connectivity index (χ1) is 12.5. The van der Waals surface area contributed by atoms with E-state index in [-0.39, 0.29) is 22.8 Å². The summed E-state index contributed by atoms with van der Waals surface area (Å²) in [5, 5.41) is 3.95. The second kappa shape index (κ2) is 6.93. The van der Waals surface area contributed by atoms with E-state index in [4.69, 9.17) is 13.9 Å². The Balaban J connectivity index is 1.86. The molecule has 2 N–H and O–H groups in total. The van der Waals surface area contributed by atoms with Crippen LogP contribution in [0.25, 0.3) is 6.08 Å². The van der Waals surface area contributed by atoms with Crippen molar-refractivity contribution in [1.29, 1.82) is 0 Å². The van der Waals surface area contributed by atoms with Gasteiger partial charge in [0.1, 0.15) is 5.57 Å². The van der Waals surface area contributed by atoms with Crippen molar-refractivity contribution < 1.29 is 33.1 Å². The number of barbiturate groups is 1. The molecule has 2 aromatic rings. The quantitative estimate of drug-likeness (QED) is 0.366. The van der Waals surface area contributed by atoms with Gasteiger partial charge in [-0.1, -0.05) is 6.07 Å². The minimum atomic E-state index is -0.880. The van der Waals surface area contributed by atoms with Gasteiger partial charge in [0.05, 0.1) is 13.4 Å². The van der Waals surface area contributed by atoms with Crippen molar-refractivity contribution >= 4 is 29.9 Å². The van der Waals surface area contributed by atoms with Gasteiger partial charge in [-0.25, -0.2) is 9.59 Å². The third kappa shape index (κ3) is 3.46. The van der Waals surface area contributed by atoms with Crippen LogP contribution in [0.3, 0.4) is 0 Å². The van der Waals surface area contributed by atoms with Crippen molar-refractivity contribution in [2.45, 2.75) is 0 Å². The van der Waals surface area contributed by atoms with Crippen LogP contribution in [0.4, 0.5) is 4.79 Å². The van der Waals surface area contributed by atoms with Crippen LogP contribution in [0, 0.1) is 0 Å². The van der Waals surface area contributed by atoms with Crippen molar-refractivity contribution in [3.63, 3.8) is 0 Å². The Morgan fingerprint density at radius 3 is 2.42 bits per heavy atom. The maximum Gasteiger partial charge on any atom is 0.379 e. The topological polar surface area (TPSA) is 124 Å². The molecule has 132 valence electrons. The molecule has 1 aromatic heterocycles. The van der Waals surface area contributed by atoms with Crippen LogP contribution < -0.4 is 20.1 Å². The third-order valence-electron chi connectivity index (χ3n) is 3.37. The number of urea groups is 1. The number of furan rings is 1. The first-order valence-electron chi connectivity index (χ1n) is 7.30. The minimum absolute atomic E-state index is 0.0264. The van der Waals surface area contributed by atoms with Gasteiger partial charge >= 0.3 is 12.0 Å². The van der Waals surface area contributed by atoms with Gasteiger partial charge in [-0.3, -0.25) is 20.2 Å². The number of imide groups is 2. The number of hydrogen-bond acceptors (Lipinski definition) is 7. The van der Waals surface area contributed by atoms with E-state index < -0.39 is 23.8 Å². The Morgan fingerprint density at radius 2 is 1.81 bits per heavy atom. The molecule has 26 heavy (non-hydrogen) atoms. The summed E-state index contributed by atoms with van der Waals surface area (Å²) in [5.74, 6) is -1.98. The first kappa shape index (κ1) is 17.0.